The molecule has 0 amide bonds. The van der Waals surface area contributed by atoms with E-state index in [2.05, 4.69) is 0 Å². The predicted octanol–water partition coefficient (Wildman–Crippen LogP) is 0.974. The minimum Gasteiger partial charge on any atom is -0.433 e. The summed E-state index contributed by atoms with van der Waals surface area (Å²) in [4.78, 5) is 0. The average Bonchev–Trinajstić information content (AvgIpc) is 1.86. The molecule has 1 aliphatic rings. The summed E-state index contributed by atoms with van der Waals surface area (Å²) in [6.45, 7) is 5.59. The van der Waals surface area contributed by atoms with Crippen molar-refractivity contribution in [3.63, 3.8) is 0 Å². The molecule has 0 heterocycles. The number of hydrogen-bond acceptors (Lipinski definition) is 2. The van der Waals surface area contributed by atoms with E-state index in [4.69, 9.17) is 4.65 Å². The highest BCUT2D eigenvalue weighted by molar-refractivity contribution is 6.25. The molecule has 0 aromatic rings. The van der Waals surface area contributed by atoms with Crippen molar-refractivity contribution in [1.29, 1.82) is 0 Å². The van der Waals surface area contributed by atoms with Crippen LogP contribution in [-0.2, 0) is 4.65 Å². The zero-order chi connectivity index (χ0) is 7.83. The molecular formula is C7H14BO2. The summed E-state index contributed by atoms with van der Waals surface area (Å²) in [6, 6.07) is 0. The van der Waals surface area contributed by atoms with Gasteiger partial charge >= 0.3 is 0 Å². The molecule has 0 aliphatic heterocycles. The van der Waals surface area contributed by atoms with Crippen LogP contribution in [-0.4, -0.2) is 23.8 Å². The molecule has 2 unspecified atom stereocenters. The molecule has 1 fully saturated rings. The van der Waals surface area contributed by atoms with E-state index in [9.17, 15) is 5.11 Å². The second-order valence-corrected chi connectivity index (χ2v) is 3.36. The van der Waals surface area contributed by atoms with Crippen LogP contribution in [0.5, 0.6) is 0 Å². The zero-order valence-electron chi connectivity index (χ0n) is 6.85. The van der Waals surface area contributed by atoms with Gasteiger partial charge in [0.2, 0.25) is 0 Å². The molecule has 1 aliphatic carbocycles. The van der Waals surface area contributed by atoms with Crippen molar-refractivity contribution in [3.8, 4) is 0 Å². The lowest BCUT2D eigenvalue weighted by atomic mass is 9.66. The minimum atomic E-state index is -0.625. The summed E-state index contributed by atoms with van der Waals surface area (Å²) in [7, 11) is 1.65. The Hall–Kier alpha value is -0.0151. The van der Waals surface area contributed by atoms with Crippen molar-refractivity contribution < 1.29 is 9.76 Å². The van der Waals surface area contributed by atoms with E-state index in [1.54, 1.807) is 7.48 Å². The molecule has 3 heteroatoms. The Kier molecular flexibility index (Phi) is 1.81. The fourth-order valence-corrected chi connectivity index (χ4v) is 1.28. The molecule has 57 valence electrons. The van der Waals surface area contributed by atoms with Gasteiger partial charge in [0, 0.05) is 0 Å². The fraction of sp³-hybridized carbons (Fsp3) is 1.00. The van der Waals surface area contributed by atoms with Gasteiger partial charge in [-0.25, -0.2) is 0 Å². The summed E-state index contributed by atoms with van der Waals surface area (Å²) in [5.41, 5.74) is -0.957. The van der Waals surface area contributed by atoms with Crippen LogP contribution < -0.4 is 0 Å². The molecule has 1 saturated carbocycles. The fourth-order valence-electron chi connectivity index (χ4n) is 1.28. The summed E-state index contributed by atoms with van der Waals surface area (Å²) < 4.78 is 5.31. The Labute approximate surface area is 62.9 Å². The minimum absolute atomic E-state index is 0.332. The predicted molar refractivity (Wildman–Crippen MR) is 41.0 cm³/mol. The van der Waals surface area contributed by atoms with Gasteiger partial charge in [-0.1, -0.05) is 6.82 Å². The van der Waals surface area contributed by atoms with Gasteiger partial charge in [-0.2, -0.15) is 0 Å². The van der Waals surface area contributed by atoms with Crippen molar-refractivity contribution in [2.24, 2.45) is 0 Å². The Morgan fingerprint density at radius 2 is 2.00 bits per heavy atom. The highest BCUT2D eigenvalue weighted by Gasteiger charge is 2.51. The molecule has 0 bridgehead atoms. The van der Waals surface area contributed by atoms with Crippen molar-refractivity contribution in [2.75, 3.05) is 0 Å². The molecule has 1 radical (unpaired) electrons. The van der Waals surface area contributed by atoms with E-state index in [1.165, 1.54) is 0 Å². The van der Waals surface area contributed by atoms with Crippen molar-refractivity contribution in [2.45, 2.75) is 44.7 Å². The first-order valence-electron chi connectivity index (χ1n) is 3.70. The quantitative estimate of drug-likeness (QED) is 0.580. The first kappa shape index (κ1) is 8.09. The number of hydrogen-bond donors (Lipinski definition) is 1. The van der Waals surface area contributed by atoms with Crippen LogP contribution in [0.1, 0.15) is 26.7 Å². The van der Waals surface area contributed by atoms with Crippen molar-refractivity contribution in [1.82, 2.24) is 0 Å². The molecule has 2 atom stereocenters. The largest absolute Gasteiger partial charge is 0.433 e. The molecule has 0 aromatic heterocycles. The normalized spacial score (nSPS) is 46.4. The molecular weight excluding hydrogens is 127 g/mol. The second kappa shape index (κ2) is 2.24. The maximum atomic E-state index is 9.62. The summed E-state index contributed by atoms with van der Waals surface area (Å²) >= 11 is 0. The first-order chi connectivity index (χ1) is 4.52. The smallest absolute Gasteiger partial charge is 0.289 e. The molecule has 0 spiro atoms. The standard InChI is InChI=1S/C7H14BO2/c1-6(9)4-5-7(6,2)10-8-3/h9H,4-5H2,1-3H3. The topological polar surface area (TPSA) is 29.5 Å². The molecule has 2 nitrogen and oxygen atoms in total. The molecule has 0 aromatic carbocycles. The van der Waals surface area contributed by atoms with Gasteiger partial charge in [0.25, 0.3) is 7.48 Å². The Morgan fingerprint density at radius 1 is 1.40 bits per heavy atom. The maximum absolute atomic E-state index is 9.62. The lowest BCUT2D eigenvalue weighted by Crippen LogP contribution is -2.60. The number of rotatable bonds is 2. The van der Waals surface area contributed by atoms with Crippen LogP contribution in [0.15, 0.2) is 0 Å². The molecule has 1 N–H and O–H groups in total. The van der Waals surface area contributed by atoms with Crippen LogP contribution >= 0.6 is 0 Å². The lowest BCUT2D eigenvalue weighted by molar-refractivity contribution is -0.185. The third kappa shape index (κ3) is 0.975. The van der Waals surface area contributed by atoms with E-state index in [-0.39, 0.29) is 5.60 Å². The summed E-state index contributed by atoms with van der Waals surface area (Å²) in [5, 5.41) is 9.62. The maximum Gasteiger partial charge on any atom is 0.289 e. The average molecular weight is 141 g/mol. The van der Waals surface area contributed by atoms with E-state index in [1.807, 2.05) is 20.7 Å². The van der Waals surface area contributed by atoms with E-state index >= 15 is 0 Å². The third-order valence-electron chi connectivity index (χ3n) is 2.61. The van der Waals surface area contributed by atoms with Crippen LogP contribution in [0.25, 0.3) is 0 Å². The van der Waals surface area contributed by atoms with Crippen molar-refractivity contribution >= 4 is 7.48 Å². The van der Waals surface area contributed by atoms with Crippen LogP contribution in [0, 0.1) is 0 Å². The Balaban J connectivity index is 2.53. The van der Waals surface area contributed by atoms with Gasteiger partial charge in [0.1, 0.15) is 0 Å². The van der Waals surface area contributed by atoms with Crippen LogP contribution in [0.4, 0.5) is 0 Å². The zero-order valence-corrected chi connectivity index (χ0v) is 6.85. The summed E-state index contributed by atoms with van der Waals surface area (Å²) in [5.74, 6) is 0. The highest BCUT2D eigenvalue weighted by Crippen LogP contribution is 2.44. The van der Waals surface area contributed by atoms with Gasteiger partial charge < -0.3 is 9.76 Å². The molecule has 1 rings (SSSR count). The number of aliphatic hydroxyl groups is 1. The molecule has 10 heavy (non-hydrogen) atoms. The third-order valence-corrected chi connectivity index (χ3v) is 2.61. The van der Waals surface area contributed by atoms with Gasteiger partial charge in [-0.3, -0.25) is 0 Å². The van der Waals surface area contributed by atoms with Crippen molar-refractivity contribution in [3.05, 3.63) is 0 Å². The van der Waals surface area contributed by atoms with E-state index in [0.29, 0.717) is 0 Å². The van der Waals surface area contributed by atoms with Gasteiger partial charge in [-0.05, 0) is 26.7 Å². The van der Waals surface area contributed by atoms with E-state index in [0.717, 1.165) is 12.8 Å². The lowest BCUT2D eigenvalue weighted by Gasteiger charge is -2.52. The summed E-state index contributed by atoms with van der Waals surface area (Å²) in [6.07, 6.45) is 1.79. The molecule has 0 saturated heterocycles. The van der Waals surface area contributed by atoms with Gasteiger partial charge in [-0.15, -0.1) is 0 Å². The SMILES string of the molecule is C[B]OC1(C)CCC1(C)O. The highest BCUT2D eigenvalue weighted by atomic mass is 16.5. The first-order valence-corrected chi connectivity index (χ1v) is 3.70. The Bertz CT molecular complexity index is 136. The van der Waals surface area contributed by atoms with Gasteiger partial charge in [0.15, 0.2) is 0 Å². The Morgan fingerprint density at radius 3 is 2.10 bits per heavy atom. The van der Waals surface area contributed by atoms with Crippen LogP contribution in [0.3, 0.4) is 0 Å². The second-order valence-electron chi connectivity index (χ2n) is 3.36. The van der Waals surface area contributed by atoms with Crippen LogP contribution in [0.2, 0.25) is 6.82 Å². The monoisotopic (exact) mass is 141 g/mol. The van der Waals surface area contributed by atoms with Gasteiger partial charge in [0.05, 0.1) is 11.2 Å². The van der Waals surface area contributed by atoms with E-state index < -0.39 is 5.60 Å².